The van der Waals surface area contributed by atoms with Crippen LogP contribution in [0.5, 0.6) is 5.88 Å². The molecule has 0 spiro atoms. The molecule has 1 saturated heterocycles. The molecule has 1 fully saturated rings. The summed E-state index contributed by atoms with van der Waals surface area (Å²) in [4.78, 5) is 10.7. The number of ether oxygens (including phenoxy) is 1. The zero-order valence-corrected chi connectivity index (χ0v) is 10.5. The number of rotatable bonds is 4. The Balaban J connectivity index is 1.88. The van der Waals surface area contributed by atoms with Gasteiger partial charge in [-0.3, -0.25) is 0 Å². The van der Waals surface area contributed by atoms with Gasteiger partial charge in [0.25, 0.3) is 0 Å². The third-order valence-electron chi connectivity index (χ3n) is 3.20. The van der Waals surface area contributed by atoms with Gasteiger partial charge in [0, 0.05) is 25.4 Å². The number of anilines is 1. The predicted octanol–water partition coefficient (Wildman–Crippen LogP) is 1.38. The van der Waals surface area contributed by atoms with Crippen molar-refractivity contribution in [1.82, 2.24) is 14.9 Å². The number of aromatic nitrogens is 2. The van der Waals surface area contributed by atoms with Gasteiger partial charge in [-0.15, -0.1) is 0 Å². The van der Waals surface area contributed by atoms with Crippen molar-refractivity contribution in [2.45, 2.75) is 25.3 Å². The lowest BCUT2D eigenvalue weighted by Gasteiger charge is -2.31. The third-order valence-corrected chi connectivity index (χ3v) is 3.20. The molecule has 17 heavy (non-hydrogen) atoms. The summed E-state index contributed by atoms with van der Waals surface area (Å²) in [7, 11) is 3.96. The molecular weight excluding hydrogens is 216 g/mol. The average Bonchev–Trinajstić information content (AvgIpc) is 2.38. The molecule has 1 aromatic heterocycles. The van der Waals surface area contributed by atoms with Gasteiger partial charge in [0.05, 0.1) is 0 Å². The van der Waals surface area contributed by atoms with Crippen molar-refractivity contribution in [2.24, 2.45) is 0 Å². The third kappa shape index (κ3) is 3.30. The molecule has 5 heteroatoms. The molecule has 0 amide bonds. The van der Waals surface area contributed by atoms with E-state index in [2.05, 4.69) is 27.2 Å². The largest absolute Gasteiger partial charge is 0.476 e. The summed E-state index contributed by atoms with van der Waals surface area (Å²) in [6.07, 6.45) is 5.51. The lowest BCUT2D eigenvalue weighted by atomic mass is 10.0. The number of hydrogen-bond acceptors (Lipinski definition) is 5. The van der Waals surface area contributed by atoms with E-state index in [1.165, 1.54) is 25.8 Å². The van der Waals surface area contributed by atoms with Crippen LogP contribution in [-0.4, -0.2) is 48.2 Å². The van der Waals surface area contributed by atoms with Crippen molar-refractivity contribution in [2.75, 3.05) is 32.6 Å². The van der Waals surface area contributed by atoms with Gasteiger partial charge in [-0.25, -0.2) is 4.98 Å². The van der Waals surface area contributed by atoms with Crippen LogP contribution in [0.2, 0.25) is 0 Å². The lowest BCUT2D eigenvalue weighted by molar-refractivity contribution is 0.122. The van der Waals surface area contributed by atoms with Crippen LogP contribution in [0, 0.1) is 0 Å². The van der Waals surface area contributed by atoms with Crippen LogP contribution in [-0.2, 0) is 0 Å². The summed E-state index contributed by atoms with van der Waals surface area (Å²) < 4.78 is 5.73. The minimum atomic E-state index is 0.511. The fourth-order valence-electron chi connectivity index (χ4n) is 2.08. The average molecular weight is 236 g/mol. The van der Waals surface area contributed by atoms with Gasteiger partial charge in [0.1, 0.15) is 6.61 Å². The van der Waals surface area contributed by atoms with Crippen LogP contribution >= 0.6 is 0 Å². The summed E-state index contributed by atoms with van der Waals surface area (Å²) >= 11 is 0. The van der Waals surface area contributed by atoms with E-state index in [9.17, 15) is 0 Å². The summed E-state index contributed by atoms with van der Waals surface area (Å²) in [5, 5.41) is 2.90. The van der Waals surface area contributed by atoms with E-state index in [0.29, 0.717) is 24.5 Å². The van der Waals surface area contributed by atoms with Gasteiger partial charge < -0.3 is 15.0 Å². The summed E-state index contributed by atoms with van der Waals surface area (Å²) in [5.74, 6) is 1.24. The standard InChI is InChI=1S/C12H20N4O/c1-13-12-14-7-6-11(15-12)17-9-10-5-3-4-8-16(10)2/h6-7,10H,3-5,8-9H2,1-2H3,(H,13,14,15). The van der Waals surface area contributed by atoms with E-state index >= 15 is 0 Å². The molecule has 2 heterocycles. The molecule has 1 unspecified atom stereocenters. The topological polar surface area (TPSA) is 50.3 Å². The zero-order valence-electron chi connectivity index (χ0n) is 10.5. The number of likely N-dealkylation sites (tertiary alicyclic amines) is 1. The van der Waals surface area contributed by atoms with Crippen LogP contribution in [0.4, 0.5) is 5.95 Å². The summed E-state index contributed by atoms with van der Waals surface area (Å²) in [6.45, 7) is 1.87. The monoisotopic (exact) mass is 236 g/mol. The van der Waals surface area contributed by atoms with Crippen molar-refractivity contribution in [3.63, 3.8) is 0 Å². The molecule has 1 aliphatic heterocycles. The minimum absolute atomic E-state index is 0.511. The number of hydrogen-bond donors (Lipinski definition) is 1. The quantitative estimate of drug-likeness (QED) is 0.856. The Morgan fingerprint density at radius 1 is 1.53 bits per heavy atom. The number of nitrogens with one attached hydrogen (secondary N) is 1. The first kappa shape index (κ1) is 12.1. The summed E-state index contributed by atoms with van der Waals surface area (Å²) in [5.41, 5.74) is 0. The highest BCUT2D eigenvalue weighted by Gasteiger charge is 2.19. The van der Waals surface area contributed by atoms with Crippen molar-refractivity contribution >= 4 is 5.95 Å². The molecule has 0 bridgehead atoms. The second kappa shape index (κ2) is 5.82. The zero-order chi connectivity index (χ0) is 12.1. The Hall–Kier alpha value is -1.36. The molecule has 1 atom stereocenters. The first-order valence-corrected chi connectivity index (χ1v) is 6.13. The molecule has 1 aliphatic rings. The van der Waals surface area contributed by atoms with Crippen LogP contribution in [0.15, 0.2) is 12.3 Å². The Bertz CT molecular complexity index is 358. The highest BCUT2D eigenvalue weighted by molar-refractivity contribution is 5.25. The molecular formula is C12H20N4O. The molecule has 0 aliphatic carbocycles. The van der Waals surface area contributed by atoms with Gasteiger partial charge in [0.15, 0.2) is 0 Å². The molecule has 94 valence electrons. The maximum atomic E-state index is 5.73. The second-order valence-corrected chi connectivity index (χ2v) is 4.41. The van der Waals surface area contributed by atoms with Gasteiger partial charge in [0.2, 0.25) is 11.8 Å². The number of nitrogens with zero attached hydrogens (tertiary/aromatic N) is 3. The number of likely N-dealkylation sites (N-methyl/N-ethyl adjacent to an activating group) is 1. The van der Waals surface area contributed by atoms with Crippen molar-refractivity contribution < 1.29 is 4.74 Å². The minimum Gasteiger partial charge on any atom is -0.476 e. The Morgan fingerprint density at radius 2 is 2.41 bits per heavy atom. The van der Waals surface area contributed by atoms with E-state index in [4.69, 9.17) is 4.74 Å². The SMILES string of the molecule is CNc1nccc(OCC2CCCCN2C)n1. The van der Waals surface area contributed by atoms with E-state index < -0.39 is 0 Å². The van der Waals surface area contributed by atoms with Crippen LogP contribution in [0.3, 0.4) is 0 Å². The molecule has 2 rings (SSSR count). The number of piperidine rings is 1. The smallest absolute Gasteiger partial charge is 0.225 e. The Kier molecular flexibility index (Phi) is 4.14. The molecule has 0 aromatic carbocycles. The Labute approximate surface area is 102 Å². The van der Waals surface area contributed by atoms with Gasteiger partial charge in [-0.2, -0.15) is 4.98 Å². The van der Waals surface area contributed by atoms with Crippen molar-refractivity contribution in [3.05, 3.63) is 12.3 Å². The van der Waals surface area contributed by atoms with Crippen molar-refractivity contribution in [1.29, 1.82) is 0 Å². The van der Waals surface area contributed by atoms with Crippen LogP contribution in [0.25, 0.3) is 0 Å². The fourth-order valence-corrected chi connectivity index (χ4v) is 2.08. The van der Waals surface area contributed by atoms with E-state index in [1.54, 1.807) is 19.3 Å². The molecule has 1 N–H and O–H groups in total. The molecule has 1 aromatic rings. The van der Waals surface area contributed by atoms with Gasteiger partial charge >= 0.3 is 0 Å². The summed E-state index contributed by atoms with van der Waals surface area (Å²) in [6, 6.07) is 2.31. The molecule has 0 radical (unpaired) electrons. The fraction of sp³-hybridized carbons (Fsp3) is 0.667. The van der Waals surface area contributed by atoms with Crippen LogP contribution < -0.4 is 10.1 Å². The predicted molar refractivity (Wildman–Crippen MR) is 67.3 cm³/mol. The normalized spacial score (nSPS) is 21.2. The van der Waals surface area contributed by atoms with Gasteiger partial charge in [-0.1, -0.05) is 6.42 Å². The second-order valence-electron chi connectivity index (χ2n) is 4.41. The van der Waals surface area contributed by atoms with E-state index in [0.717, 1.165) is 0 Å². The van der Waals surface area contributed by atoms with Crippen molar-refractivity contribution in [3.8, 4) is 5.88 Å². The Morgan fingerprint density at radius 3 is 3.18 bits per heavy atom. The van der Waals surface area contributed by atoms with Gasteiger partial charge in [-0.05, 0) is 26.4 Å². The molecule has 0 saturated carbocycles. The maximum Gasteiger partial charge on any atom is 0.225 e. The van der Waals surface area contributed by atoms with E-state index in [-0.39, 0.29) is 0 Å². The van der Waals surface area contributed by atoms with Crippen LogP contribution in [0.1, 0.15) is 19.3 Å². The maximum absolute atomic E-state index is 5.73. The van der Waals surface area contributed by atoms with E-state index in [1.807, 2.05) is 0 Å². The highest BCUT2D eigenvalue weighted by Crippen LogP contribution is 2.16. The first-order valence-electron chi connectivity index (χ1n) is 6.13. The molecule has 5 nitrogen and oxygen atoms in total. The highest BCUT2D eigenvalue weighted by atomic mass is 16.5. The lowest BCUT2D eigenvalue weighted by Crippen LogP contribution is -2.40. The first-order chi connectivity index (χ1) is 8.29.